The molecule has 2 atom stereocenters. The predicted molar refractivity (Wildman–Crippen MR) is 56.9 cm³/mol. The SMILES string of the molecule is CC1(C(N)c2ccccc2F)CCCO1. The molecule has 0 bridgehead atoms. The highest BCUT2D eigenvalue weighted by atomic mass is 19.1. The van der Waals surface area contributed by atoms with Gasteiger partial charge in [-0.1, -0.05) is 18.2 Å². The van der Waals surface area contributed by atoms with Crippen molar-refractivity contribution in [3.63, 3.8) is 0 Å². The number of ether oxygens (including phenoxy) is 1. The van der Waals surface area contributed by atoms with E-state index in [4.69, 9.17) is 10.5 Å². The zero-order valence-corrected chi connectivity index (χ0v) is 8.87. The first kappa shape index (κ1) is 10.6. The number of hydrogen-bond donors (Lipinski definition) is 1. The van der Waals surface area contributed by atoms with Gasteiger partial charge in [0.05, 0.1) is 11.6 Å². The first-order chi connectivity index (χ1) is 7.13. The van der Waals surface area contributed by atoms with Gasteiger partial charge in [-0.05, 0) is 25.8 Å². The van der Waals surface area contributed by atoms with Crippen LogP contribution < -0.4 is 5.73 Å². The highest BCUT2D eigenvalue weighted by molar-refractivity contribution is 5.23. The van der Waals surface area contributed by atoms with E-state index in [-0.39, 0.29) is 11.9 Å². The summed E-state index contributed by atoms with van der Waals surface area (Å²) in [7, 11) is 0. The van der Waals surface area contributed by atoms with Crippen LogP contribution in [0.2, 0.25) is 0 Å². The lowest BCUT2D eigenvalue weighted by atomic mass is 9.88. The van der Waals surface area contributed by atoms with Crippen molar-refractivity contribution in [1.82, 2.24) is 0 Å². The van der Waals surface area contributed by atoms with Crippen molar-refractivity contribution in [1.29, 1.82) is 0 Å². The molecule has 1 aliphatic rings. The van der Waals surface area contributed by atoms with Crippen LogP contribution in [0.3, 0.4) is 0 Å². The summed E-state index contributed by atoms with van der Waals surface area (Å²) in [5.74, 6) is -0.248. The van der Waals surface area contributed by atoms with Gasteiger partial charge in [0, 0.05) is 12.2 Å². The molecular weight excluding hydrogens is 193 g/mol. The molecule has 82 valence electrons. The minimum atomic E-state index is -0.414. The monoisotopic (exact) mass is 209 g/mol. The van der Waals surface area contributed by atoms with E-state index in [0.29, 0.717) is 5.56 Å². The van der Waals surface area contributed by atoms with Crippen molar-refractivity contribution in [2.45, 2.75) is 31.4 Å². The smallest absolute Gasteiger partial charge is 0.128 e. The van der Waals surface area contributed by atoms with Gasteiger partial charge in [-0.2, -0.15) is 0 Å². The van der Waals surface area contributed by atoms with Crippen molar-refractivity contribution in [3.8, 4) is 0 Å². The lowest BCUT2D eigenvalue weighted by Crippen LogP contribution is -2.38. The van der Waals surface area contributed by atoms with E-state index in [1.807, 2.05) is 6.92 Å². The first-order valence-corrected chi connectivity index (χ1v) is 5.27. The van der Waals surface area contributed by atoms with Crippen LogP contribution in [0.1, 0.15) is 31.4 Å². The normalized spacial score (nSPS) is 27.9. The third-order valence-corrected chi connectivity index (χ3v) is 3.15. The maximum Gasteiger partial charge on any atom is 0.128 e. The Balaban J connectivity index is 2.27. The average molecular weight is 209 g/mol. The van der Waals surface area contributed by atoms with Gasteiger partial charge in [0.1, 0.15) is 5.82 Å². The van der Waals surface area contributed by atoms with Crippen LogP contribution in [0, 0.1) is 5.82 Å². The van der Waals surface area contributed by atoms with Gasteiger partial charge in [0.15, 0.2) is 0 Å². The Kier molecular flexibility index (Phi) is 2.76. The molecule has 2 nitrogen and oxygen atoms in total. The van der Waals surface area contributed by atoms with Gasteiger partial charge >= 0.3 is 0 Å². The third-order valence-electron chi connectivity index (χ3n) is 3.15. The van der Waals surface area contributed by atoms with Crippen molar-refractivity contribution in [2.24, 2.45) is 5.73 Å². The Hall–Kier alpha value is -0.930. The molecular formula is C12H16FNO. The molecule has 2 rings (SSSR count). The molecule has 2 N–H and O–H groups in total. The number of hydrogen-bond acceptors (Lipinski definition) is 2. The van der Waals surface area contributed by atoms with Crippen LogP contribution in [0.5, 0.6) is 0 Å². The second-order valence-electron chi connectivity index (χ2n) is 4.26. The molecule has 0 spiro atoms. The molecule has 0 saturated carbocycles. The largest absolute Gasteiger partial charge is 0.373 e. The molecule has 3 heteroatoms. The summed E-state index contributed by atoms with van der Waals surface area (Å²) in [6.45, 7) is 2.68. The van der Waals surface area contributed by atoms with E-state index in [0.717, 1.165) is 19.4 Å². The van der Waals surface area contributed by atoms with E-state index in [2.05, 4.69) is 0 Å². The lowest BCUT2D eigenvalue weighted by molar-refractivity contribution is -0.00257. The molecule has 2 unspecified atom stereocenters. The second-order valence-corrected chi connectivity index (χ2v) is 4.26. The summed E-state index contributed by atoms with van der Waals surface area (Å²) >= 11 is 0. The fraction of sp³-hybridized carbons (Fsp3) is 0.500. The average Bonchev–Trinajstić information content (AvgIpc) is 2.66. The zero-order chi connectivity index (χ0) is 10.9. The Morgan fingerprint density at radius 2 is 2.20 bits per heavy atom. The van der Waals surface area contributed by atoms with Crippen molar-refractivity contribution >= 4 is 0 Å². The second kappa shape index (κ2) is 3.91. The fourth-order valence-electron chi connectivity index (χ4n) is 2.10. The topological polar surface area (TPSA) is 35.2 Å². The van der Waals surface area contributed by atoms with Crippen molar-refractivity contribution < 1.29 is 9.13 Å². The maximum atomic E-state index is 13.5. The minimum absolute atomic E-state index is 0.248. The van der Waals surface area contributed by atoms with Crippen LogP contribution in [0.4, 0.5) is 4.39 Å². The van der Waals surface area contributed by atoms with E-state index in [9.17, 15) is 4.39 Å². The van der Waals surface area contributed by atoms with Crippen LogP contribution in [-0.2, 0) is 4.74 Å². The highest BCUT2D eigenvalue weighted by Crippen LogP contribution is 2.36. The molecule has 15 heavy (non-hydrogen) atoms. The van der Waals surface area contributed by atoms with Gasteiger partial charge in [0.25, 0.3) is 0 Å². The van der Waals surface area contributed by atoms with Gasteiger partial charge in [0.2, 0.25) is 0 Å². The summed E-state index contributed by atoms with van der Waals surface area (Å²) in [5, 5.41) is 0. The third kappa shape index (κ3) is 1.90. The van der Waals surface area contributed by atoms with E-state index < -0.39 is 5.60 Å². The predicted octanol–water partition coefficient (Wildman–Crippen LogP) is 2.39. The molecule has 1 heterocycles. The van der Waals surface area contributed by atoms with E-state index >= 15 is 0 Å². The van der Waals surface area contributed by atoms with Crippen LogP contribution in [0.25, 0.3) is 0 Å². The zero-order valence-electron chi connectivity index (χ0n) is 8.87. The molecule has 0 aliphatic carbocycles. The molecule has 1 aliphatic heterocycles. The van der Waals surface area contributed by atoms with Gasteiger partial charge in [-0.25, -0.2) is 4.39 Å². The highest BCUT2D eigenvalue weighted by Gasteiger charge is 2.37. The fourth-order valence-corrected chi connectivity index (χ4v) is 2.10. The standard InChI is InChI=1S/C12H16FNO/c1-12(7-4-8-15-12)11(14)9-5-2-3-6-10(9)13/h2-3,5-6,11H,4,7-8,14H2,1H3. The van der Waals surface area contributed by atoms with E-state index in [1.165, 1.54) is 6.07 Å². The molecule has 0 amide bonds. The van der Waals surface area contributed by atoms with Crippen molar-refractivity contribution in [3.05, 3.63) is 35.6 Å². The first-order valence-electron chi connectivity index (χ1n) is 5.27. The molecule has 1 aromatic carbocycles. The number of benzene rings is 1. The van der Waals surface area contributed by atoms with Gasteiger partial charge in [-0.15, -0.1) is 0 Å². The van der Waals surface area contributed by atoms with Gasteiger partial charge < -0.3 is 10.5 Å². The van der Waals surface area contributed by atoms with Crippen molar-refractivity contribution in [2.75, 3.05) is 6.61 Å². The van der Waals surface area contributed by atoms with Crippen LogP contribution in [0.15, 0.2) is 24.3 Å². The Labute approximate surface area is 89.2 Å². The number of halogens is 1. The summed E-state index contributed by atoms with van der Waals surface area (Å²) < 4.78 is 19.1. The molecule has 1 fully saturated rings. The minimum Gasteiger partial charge on any atom is -0.373 e. The summed E-state index contributed by atoms with van der Waals surface area (Å²) in [4.78, 5) is 0. The number of nitrogens with two attached hydrogens (primary N) is 1. The summed E-state index contributed by atoms with van der Waals surface area (Å²) in [5.41, 5.74) is 6.20. The molecule has 1 saturated heterocycles. The maximum absolute atomic E-state index is 13.5. The van der Waals surface area contributed by atoms with Crippen LogP contribution in [-0.4, -0.2) is 12.2 Å². The summed E-state index contributed by atoms with van der Waals surface area (Å²) in [6, 6.07) is 6.25. The van der Waals surface area contributed by atoms with Crippen LogP contribution >= 0.6 is 0 Å². The Morgan fingerprint density at radius 3 is 2.80 bits per heavy atom. The molecule has 0 radical (unpaired) electrons. The Bertz CT molecular complexity index is 347. The summed E-state index contributed by atoms with van der Waals surface area (Å²) in [6.07, 6.45) is 1.89. The quantitative estimate of drug-likeness (QED) is 0.811. The lowest BCUT2D eigenvalue weighted by Gasteiger charge is -2.30. The molecule has 1 aromatic rings. The van der Waals surface area contributed by atoms with E-state index in [1.54, 1.807) is 18.2 Å². The van der Waals surface area contributed by atoms with Gasteiger partial charge in [-0.3, -0.25) is 0 Å². The Morgan fingerprint density at radius 1 is 1.47 bits per heavy atom. The molecule has 0 aromatic heterocycles. The number of rotatable bonds is 2.